The van der Waals surface area contributed by atoms with Gasteiger partial charge in [-0.3, -0.25) is 0 Å². The molecule has 0 fully saturated rings. The molecule has 0 amide bonds. The van der Waals surface area contributed by atoms with Crippen molar-refractivity contribution < 1.29 is 39.2 Å². The Morgan fingerprint density at radius 2 is 1.71 bits per heavy atom. The molecule has 14 heteroatoms. The summed E-state index contributed by atoms with van der Waals surface area (Å²) in [6.07, 6.45) is -9.54. The number of alkyl halides is 6. The van der Waals surface area contributed by atoms with E-state index < -0.39 is 51.5 Å². The van der Waals surface area contributed by atoms with Crippen LogP contribution in [0.3, 0.4) is 0 Å². The molecule has 1 unspecified atom stereocenters. The average molecular weight is 504 g/mol. The molecule has 2 aromatic carbocycles. The lowest BCUT2D eigenvalue weighted by atomic mass is 9.97. The molecule has 180 valence electrons. The van der Waals surface area contributed by atoms with Crippen LogP contribution in [-0.4, -0.2) is 31.2 Å². The molecular formula is C20H14F6N4O3S. The second kappa shape index (κ2) is 9.07. The molecular weight excluding hydrogens is 490 g/mol. The number of aromatic nitrogens is 2. The van der Waals surface area contributed by atoms with Gasteiger partial charge in [-0.05, 0) is 42.0 Å². The normalized spacial score (nSPS) is 13.5. The van der Waals surface area contributed by atoms with E-state index in [1.807, 2.05) is 0 Å². The van der Waals surface area contributed by atoms with Crippen LogP contribution in [-0.2, 0) is 22.4 Å². The number of hydrogen-bond acceptors (Lipinski definition) is 7. The summed E-state index contributed by atoms with van der Waals surface area (Å²) < 4.78 is 107. The van der Waals surface area contributed by atoms with Gasteiger partial charge in [-0.15, -0.1) is 10.2 Å². The summed E-state index contributed by atoms with van der Waals surface area (Å²) in [5.74, 6) is -0.446. The van der Waals surface area contributed by atoms with Crippen molar-refractivity contribution in [3.63, 3.8) is 0 Å². The minimum Gasteiger partial charge on any atom is -0.421 e. The van der Waals surface area contributed by atoms with E-state index in [2.05, 4.69) is 10.2 Å². The Kier molecular flexibility index (Phi) is 6.72. The van der Waals surface area contributed by atoms with Gasteiger partial charge in [-0.1, -0.05) is 6.07 Å². The topological polar surface area (TPSA) is 109 Å². The van der Waals surface area contributed by atoms with Gasteiger partial charge >= 0.3 is 12.5 Å². The predicted molar refractivity (Wildman–Crippen MR) is 105 cm³/mol. The van der Waals surface area contributed by atoms with E-state index in [0.717, 1.165) is 18.4 Å². The molecule has 0 aliphatic rings. The van der Waals surface area contributed by atoms with Crippen LogP contribution in [0.1, 0.15) is 28.6 Å². The lowest BCUT2D eigenvalue weighted by Crippen LogP contribution is -2.36. The minimum absolute atomic E-state index is 0.0201. The molecule has 3 aromatic rings. The van der Waals surface area contributed by atoms with Crippen LogP contribution < -0.4 is 5.32 Å². The summed E-state index contributed by atoms with van der Waals surface area (Å²) in [6.45, 7) is 0. The fourth-order valence-electron chi connectivity index (χ4n) is 3.03. The lowest BCUT2D eigenvalue weighted by molar-refractivity contribution is -0.164. The molecule has 0 bridgehead atoms. The van der Waals surface area contributed by atoms with Gasteiger partial charge in [0.15, 0.2) is 9.84 Å². The standard InChI is InChI=1S/C20H14F6N4O3S/c1-34(31,32)14-6-4-11(5-7-14)18-30-29-17(33-18)9-16(28-20(24,25)26)12-2-3-13(10-27)15(8-12)19(21,22)23/h2-8,16,28H,9H2,1H3. The Labute approximate surface area is 188 Å². The molecule has 7 nitrogen and oxygen atoms in total. The van der Waals surface area contributed by atoms with Crippen LogP contribution in [0.25, 0.3) is 11.5 Å². The summed E-state index contributed by atoms with van der Waals surface area (Å²) >= 11 is 0. The minimum atomic E-state index is -4.96. The van der Waals surface area contributed by atoms with E-state index in [-0.39, 0.29) is 22.2 Å². The first-order valence-electron chi connectivity index (χ1n) is 9.26. The van der Waals surface area contributed by atoms with Crippen molar-refractivity contribution in [2.45, 2.75) is 29.8 Å². The molecule has 0 spiro atoms. The largest absolute Gasteiger partial charge is 0.457 e. The quantitative estimate of drug-likeness (QED) is 0.391. The van der Waals surface area contributed by atoms with E-state index >= 15 is 0 Å². The monoisotopic (exact) mass is 504 g/mol. The SMILES string of the molecule is CS(=O)(=O)c1ccc(-c2nnc(CC(NC(F)(F)F)c3ccc(C#N)c(C(F)(F)F)c3)o2)cc1. The van der Waals surface area contributed by atoms with Crippen molar-refractivity contribution in [3.8, 4) is 17.5 Å². The zero-order valence-corrected chi connectivity index (χ0v) is 17.9. The maximum absolute atomic E-state index is 13.3. The van der Waals surface area contributed by atoms with Gasteiger partial charge in [0, 0.05) is 24.3 Å². The van der Waals surface area contributed by atoms with E-state index in [1.165, 1.54) is 35.7 Å². The number of rotatable bonds is 6. The van der Waals surface area contributed by atoms with Crippen molar-refractivity contribution in [2.75, 3.05) is 6.26 Å². The third-order valence-corrected chi connectivity index (χ3v) is 5.71. The van der Waals surface area contributed by atoms with Crippen LogP contribution in [0, 0.1) is 11.3 Å². The van der Waals surface area contributed by atoms with E-state index in [9.17, 15) is 34.8 Å². The van der Waals surface area contributed by atoms with Gasteiger partial charge in [-0.2, -0.15) is 31.6 Å². The number of hydrogen-bond donors (Lipinski definition) is 1. The van der Waals surface area contributed by atoms with Gasteiger partial charge in [-0.25, -0.2) is 13.7 Å². The van der Waals surface area contributed by atoms with Gasteiger partial charge < -0.3 is 4.42 Å². The fraction of sp³-hybridized carbons (Fsp3) is 0.250. The zero-order valence-electron chi connectivity index (χ0n) is 17.1. The molecule has 34 heavy (non-hydrogen) atoms. The molecule has 1 aromatic heterocycles. The Hall–Kier alpha value is -3.44. The predicted octanol–water partition coefficient (Wildman–Crippen LogP) is 4.42. The van der Waals surface area contributed by atoms with Crippen LogP contribution in [0.2, 0.25) is 0 Å². The zero-order chi connectivity index (χ0) is 25.3. The number of sulfone groups is 1. The van der Waals surface area contributed by atoms with Crippen LogP contribution in [0.15, 0.2) is 51.8 Å². The fourth-order valence-corrected chi connectivity index (χ4v) is 3.66. The highest BCUT2D eigenvalue weighted by Gasteiger charge is 2.37. The maximum atomic E-state index is 13.3. The summed E-state index contributed by atoms with van der Waals surface area (Å²) in [5.41, 5.74) is -2.23. The number of nitriles is 1. The second-order valence-corrected chi connectivity index (χ2v) is 9.13. The second-order valence-electron chi connectivity index (χ2n) is 7.11. The Bertz CT molecular complexity index is 1330. The van der Waals surface area contributed by atoms with E-state index in [0.29, 0.717) is 6.07 Å². The molecule has 0 aliphatic heterocycles. The molecule has 0 radical (unpaired) electrons. The number of nitrogens with one attached hydrogen (secondary N) is 1. The smallest absolute Gasteiger partial charge is 0.421 e. The number of benzene rings is 2. The van der Waals surface area contributed by atoms with Crippen molar-refractivity contribution in [3.05, 3.63) is 65.0 Å². The highest BCUT2D eigenvalue weighted by molar-refractivity contribution is 7.90. The summed E-state index contributed by atoms with van der Waals surface area (Å²) in [5, 5.41) is 17.5. The molecule has 1 heterocycles. The average Bonchev–Trinajstić information content (AvgIpc) is 3.19. The van der Waals surface area contributed by atoms with Crippen LogP contribution in [0.4, 0.5) is 26.3 Å². The maximum Gasteiger partial charge on any atom is 0.457 e. The Morgan fingerprint density at radius 3 is 2.24 bits per heavy atom. The molecule has 1 atom stereocenters. The van der Waals surface area contributed by atoms with Crippen LogP contribution >= 0.6 is 0 Å². The van der Waals surface area contributed by atoms with Crippen molar-refractivity contribution in [2.24, 2.45) is 0 Å². The van der Waals surface area contributed by atoms with Crippen molar-refractivity contribution in [1.82, 2.24) is 15.5 Å². The molecule has 0 saturated carbocycles. The number of halogens is 6. The van der Waals surface area contributed by atoms with Gasteiger partial charge in [0.25, 0.3) is 0 Å². The van der Waals surface area contributed by atoms with Gasteiger partial charge in [0.2, 0.25) is 11.8 Å². The van der Waals surface area contributed by atoms with E-state index in [4.69, 9.17) is 9.68 Å². The lowest BCUT2D eigenvalue weighted by Gasteiger charge is -2.21. The third-order valence-electron chi connectivity index (χ3n) is 4.58. The first-order valence-corrected chi connectivity index (χ1v) is 11.1. The Balaban J connectivity index is 1.93. The Morgan fingerprint density at radius 1 is 1.06 bits per heavy atom. The first kappa shape index (κ1) is 25.2. The molecule has 0 aliphatic carbocycles. The van der Waals surface area contributed by atoms with Gasteiger partial charge in [0.1, 0.15) is 0 Å². The van der Waals surface area contributed by atoms with Gasteiger partial charge in [0.05, 0.1) is 22.1 Å². The highest BCUT2D eigenvalue weighted by atomic mass is 32.2. The first-order chi connectivity index (χ1) is 15.7. The van der Waals surface area contributed by atoms with Crippen molar-refractivity contribution in [1.29, 1.82) is 5.26 Å². The highest BCUT2D eigenvalue weighted by Crippen LogP contribution is 2.35. The van der Waals surface area contributed by atoms with Crippen LogP contribution in [0.5, 0.6) is 0 Å². The molecule has 3 rings (SSSR count). The van der Waals surface area contributed by atoms with Crippen molar-refractivity contribution >= 4 is 9.84 Å². The number of nitrogens with zero attached hydrogens (tertiary/aromatic N) is 3. The molecule has 1 N–H and O–H groups in total. The molecule has 0 saturated heterocycles. The summed E-state index contributed by atoms with van der Waals surface area (Å²) in [6, 6.07) is 7.10. The summed E-state index contributed by atoms with van der Waals surface area (Å²) in [4.78, 5) is 0.0201. The third kappa shape index (κ3) is 6.12. The summed E-state index contributed by atoms with van der Waals surface area (Å²) in [7, 11) is -3.46. The van der Waals surface area contributed by atoms with E-state index in [1.54, 1.807) is 0 Å².